The van der Waals surface area contributed by atoms with Crippen molar-refractivity contribution in [3.8, 4) is 5.88 Å². The minimum absolute atomic E-state index is 0.0628. The van der Waals surface area contributed by atoms with Gasteiger partial charge >= 0.3 is 0 Å². The van der Waals surface area contributed by atoms with Gasteiger partial charge in [-0.1, -0.05) is 41.4 Å². The van der Waals surface area contributed by atoms with E-state index in [0.29, 0.717) is 44.8 Å². The average molecular weight is 729 g/mol. The largest absolute Gasteiger partial charge is 0.473 e. The van der Waals surface area contributed by atoms with Crippen molar-refractivity contribution in [1.29, 1.82) is 0 Å². The van der Waals surface area contributed by atoms with Gasteiger partial charge in [-0.15, -0.1) is 0 Å². The second-order valence-corrected chi connectivity index (χ2v) is 13.4. The molecule has 0 bridgehead atoms. The second kappa shape index (κ2) is 15.2. The number of aromatic nitrogens is 5. The van der Waals surface area contributed by atoms with Crippen LogP contribution in [0, 0.1) is 12.7 Å². The summed E-state index contributed by atoms with van der Waals surface area (Å²) < 4.78 is 26.7. The van der Waals surface area contributed by atoms with E-state index in [2.05, 4.69) is 36.0 Å². The zero-order valence-corrected chi connectivity index (χ0v) is 29.7. The number of aryl methyl sites for hydroxylation is 2. The summed E-state index contributed by atoms with van der Waals surface area (Å²) in [6.07, 6.45) is 4.26. The molecule has 2 N–H and O–H groups in total. The van der Waals surface area contributed by atoms with Crippen LogP contribution in [0.2, 0.25) is 10.0 Å². The molecule has 0 radical (unpaired) electrons. The molecule has 0 spiro atoms. The Balaban J connectivity index is 0.000000950. The average Bonchev–Trinajstić information content (AvgIpc) is 3.62. The first-order chi connectivity index (χ1) is 24.7. The molecule has 2 aliphatic rings. The molecule has 8 rings (SSSR count). The van der Waals surface area contributed by atoms with Gasteiger partial charge in [-0.25, -0.2) is 14.4 Å². The minimum Gasteiger partial charge on any atom is -0.473 e. The standard InChI is InChI=1S/C35H30Cl2FN7O2.C3H6O/c1-20-26-16-25(17-27(37)34(26)43-42-20)39-35(46)22-7-9-31-30(14-22)40-32(44(31)2)18-45-12-10-21(11-13-45)29-4-3-5-33(41-29)47-19-23-6-8-24(36)15-28(23)38;1-2-4-3-1/h3-10,14-17H,11-13,18-19H2,1-2H3,(H,39,46)(H,42,43);1-3H2. The van der Waals surface area contributed by atoms with E-state index in [1.54, 1.807) is 30.3 Å². The highest BCUT2D eigenvalue weighted by Gasteiger charge is 2.19. The minimum atomic E-state index is -0.407. The third kappa shape index (κ3) is 7.92. The Morgan fingerprint density at radius 1 is 1.08 bits per heavy atom. The number of benzene rings is 3. The number of nitrogens with zero attached hydrogens (tertiary/aromatic N) is 5. The van der Waals surface area contributed by atoms with Crippen LogP contribution in [0.3, 0.4) is 0 Å². The number of ether oxygens (including phenoxy) is 2. The summed E-state index contributed by atoms with van der Waals surface area (Å²) >= 11 is 12.2. The molecular formula is C38H36Cl2FN7O3. The number of carbonyl (C=O) groups is 1. The number of hydrogen-bond donors (Lipinski definition) is 2. The molecule has 0 saturated carbocycles. The SMILES string of the molecule is C1COC1.Cc1[nH]nc2c(Cl)cc(NC(=O)c3ccc4c(c3)nc(CN3CC=C(c5cccc(OCc6ccc(Cl)cc6F)n5)CC3)n4C)cc12. The monoisotopic (exact) mass is 727 g/mol. The van der Waals surface area contributed by atoms with E-state index in [1.807, 2.05) is 44.3 Å². The summed E-state index contributed by atoms with van der Waals surface area (Å²) in [5.74, 6) is 0.691. The number of pyridine rings is 1. The second-order valence-electron chi connectivity index (χ2n) is 12.5. The highest BCUT2D eigenvalue weighted by molar-refractivity contribution is 6.35. The first-order valence-electron chi connectivity index (χ1n) is 16.7. The maximum absolute atomic E-state index is 14.2. The summed E-state index contributed by atoms with van der Waals surface area (Å²) in [5.41, 5.74) is 6.74. The van der Waals surface area contributed by atoms with E-state index in [-0.39, 0.29) is 12.5 Å². The van der Waals surface area contributed by atoms with Gasteiger partial charge in [0.1, 0.15) is 23.8 Å². The first kappa shape index (κ1) is 34.6. The van der Waals surface area contributed by atoms with Gasteiger partial charge in [0.05, 0.1) is 28.3 Å². The quantitative estimate of drug-likeness (QED) is 0.163. The lowest BCUT2D eigenvalue weighted by molar-refractivity contribution is 0.0367. The summed E-state index contributed by atoms with van der Waals surface area (Å²) in [4.78, 5) is 25.0. The smallest absolute Gasteiger partial charge is 0.255 e. The van der Waals surface area contributed by atoms with Crippen LogP contribution in [0.5, 0.6) is 5.88 Å². The van der Waals surface area contributed by atoms with Crippen LogP contribution in [0.1, 0.15) is 46.0 Å². The van der Waals surface area contributed by atoms with Crippen LogP contribution in [0.25, 0.3) is 27.5 Å². The van der Waals surface area contributed by atoms with Gasteiger partial charge < -0.3 is 19.4 Å². The van der Waals surface area contributed by atoms with Crippen LogP contribution in [-0.4, -0.2) is 61.8 Å². The Hall–Kier alpha value is -4.81. The fourth-order valence-electron chi connectivity index (χ4n) is 5.90. The zero-order valence-electron chi connectivity index (χ0n) is 28.2. The number of carbonyl (C=O) groups excluding carboxylic acids is 1. The van der Waals surface area contributed by atoms with Crippen molar-refractivity contribution in [2.24, 2.45) is 7.05 Å². The summed E-state index contributed by atoms with van der Waals surface area (Å²) in [6, 6.07) is 19.2. The molecule has 10 nitrogen and oxygen atoms in total. The lowest BCUT2D eigenvalue weighted by atomic mass is 10.0. The summed E-state index contributed by atoms with van der Waals surface area (Å²) in [5, 5.41) is 11.8. The van der Waals surface area contributed by atoms with Gasteiger partial charge in [0, 0.05) is 72.3 Å². The lowest BCUT2D eigenvalue weighted by Gasteiger charge is -2.25. The number of hydrogen-bond acceptors (Lipinski definition) is 7. The van der Waals surface area contributed by atoms with Crippen molar-refractivity contribution in [1.82, 2.24) is 29.6 Å². The number of amides is 1. The maximum Gasteiger partial charge on any atom is 0.255 e. The predicted molar refractivity (Wildman–Crippen MR) is 198 cm³/mol. The van der Waals surface area contributed by atoms with Gasteiger partial charge in [-0.05, 0) is 73.9 Å². The van der Waals surface area contributed by atoms with E-state index in [4.69, 9.17) is 37.7 Å². The molecule has 2 aliphatic heterocycles. The van der Waals surface area contributed by atoms with Gasteiger partial charge in [-0.3, -0.25) is 14.8 Å². The van der Waals surface area contributed by atoms with Gasteiger partial charge in [-0.2, -0.15) is 5.10 Å². The van der Waals surface area contributed by atoms with E-state index < -0.39 is 5.82 Å². The number of H-pyrrole nitrogens is 1. The topological polar surface area (TPSA) is 110 Å². The molecule has 0 atom stereocenters. The first-order valence-corrected chi connectivity index (χ1v) is 17.4. The van der Waals surface area contributed by atoms with Crippen LogP contribution < -0.4 is 10.1 Å². The Labute approximate surface area is 304 Å². The molecular weight excluding hydrogens is 692 g/mol. The van der Waals surface area contributed by atoms with E-state index in [9.17, 15) is 9.18 Å². The number of fused-ring (bicyclic) bond motifs is 2. The van der Waals surface area contributed by atoms with E-state index in [0.717, 1.165) is 71.9 Å². The molecule has 5 heterocycles. The molecule has 3 aromatic carbocycles. The highest BCUT2D eigenvalue weighted by atomic mass is 35.5. The van der Waals surface area contributed by atoms with Gasteiger partial charge in [0.25, 0.3) is 5.91 Å². The fourth-order valence-corrected chi connectivity index (χ4v) is 6.32. The molecule has 51 heavy (non-hydrogen) atoms. The zero-order chi connectivity index (χ0) is 35.5. The Morgan fingerprint density at radius 3 is 2.65 bits per heavy atom. The van der Waals surface area contributed by atoms with E-state index >= 15 is 0 Å². The third-order valence-corrected chi connectivity index (χ3v) is 9.50. The Morgan fingerprint density at radius 2 is 1.90 bits per heavy atom. The van der Waals surface area contributed by atoms with Crippen molar-refractivity contribution >= 4 is 62.3 Å². The fraction of sp³-hybridized carbons (Fsp3) is 0.263. The Kier molecular flexibility index (Phi) is 10.3. The maximum atomic E-state index is 14.2. The molecule has 6 aromatic rings. The predicted octanol–water partition coefficient (Wildman–Crippen LogP) is 8.13. The van der Waals surface area contributed by atoms with Gasteiger partial charge in [0.15, 0.2) is 0 Å². The molecule has 3 aromatic heterocycles. The number of imidazole rings is 1. The van der Waals surface area contributed by atoms with E-state index in [1.165, 1.54) is 12.5 Å². The van der Waals surface area contributed by atoms with Crippen molar-refractivity contribution in [2.45, 2.75) is 32.9 Å². The number of anilines is 1. The molecule has 1 saturated heterocycles. The van der Waals surface area contributed by atoms with Crippen molar-refractivity contribution < 1.29 is 18.7 Å². The molecule has 13 heteroatoms. The molecule has 1 fully saturated rings. The summed E-state index contributed by atoms with van der Waals surface area (Å²) in [6.45, 7) is 6.19. The third-order valence-electron chi connectivity index (χ3n) is 8.98. The number of aromatic amines is 1. The number of rotatable bonds is 8. The number of nitrogens with one attached hydrogen (secondary N) is 2. The van der Waals surface area contributed by atoms with Crippen LogP contribution in [-0.2, 0) is 24.9 Å². The summed E-state index contributed by atoms with van der Waals surface area (Å²) in [7, 11) is 1.99. The molecule has 0 aliphatic carbocycles. The van der Waals surface area contributed by atoms with Crippen molar-refractivity contribution in [2.75, 3.05) is 31.6 Å². The van der Waals surface area contributed by atoms with Crippen molar-refractivity contribution in [3.05, 3.63) is 117 Å². The van der Waals surface area contributed by atoms with Gasteiger partial charge in [0.2, 0.25) is 5.88 Å². The lowest BCUT2D eigenvalue weighted by Crippen LogP contribution is -2.29. The Bertz CT molecular complexity index is 2260. The molecule has 0 unspecified atom stereocenters. The van der Waals surface area contributed by atoms with Crippen LogP contribution >= 0.6 is 23.2 Å². The molecule has 1 amide bonds. The molecule has 262 valence electrons. The van der Waals surface area contributed by atoms with Crippen LogP contribution in [0.4, 0.5) is 10.1 Å². The van der Waals surface area contributed by atoms with Crippen LogP contribution in [0.15, 0.2) is 72.8 Å². The van der Waals surface area contributed by atoms with Crippen molar-refractivity contribution in [3.63, 3.8) is 0 Å². The number of halogens is 3. The highest BCUT2D eigenvalue weighted by Crippen LogP contribution is 2.29. The normalized spacial score (nSPS) is 14.5.